The first-order valence-corrected chi connectivity index (χ1v) is 6.58. The number of methoxy groups -OCH3 is 1. The molecule has 0 saturated carbocycles. The van der Waals surface area contributed by atoms with Crippen molar-refractivity contribution in [1.29, 1.82) is 0 Å². The highest BCUT2D eigenvalue weighted by molar-refractivity contribution is 5.95. The minimum atomic E-state index is -0.963. The van der Waals surface area contributed by atoms with E-state index in [1.54, 1.807) is 20.1 Å². The number of ether oxygens (including phenoxy) is 1. The molecule has 1 atom stereocenters. The van der Waals surface area contributed by atoms with Crippen molar-refractivity contribution in [3.63, 3.8) is 0 Å². The summed E-state index contributed by atoms with van der Waals surface area (Å²) in [6.07, 6.45) is 0. The van der Waals surface area contributed by atoms with Gasteiger partial charge < -0.3 is 20.1 Å². The Morgan fingerprint density at radius 1 is 1.40 bits per heavy atom. The number of hydrogen-bond donors (Lipinski definition) is 2. The number of benzene rings is 1. The molecule has 1 unspecified atom stereocenters. The van der Waals surface area contributed by atoms with E-state index in [1.807, 2.05) is 37.2 Å². The van der Waals surface area contributed by atoms with Gasteiger partial charge in [-0.1, -0.05) is 18.2 Å². The molecule has 1 rings (SSSR count). The highest BCUT2D eigenvalue weighted by Crippen LogP contribution is 2.10. The van der Waals surface area contributed by atoms with Crippen LogP contribution in [0.1, 0.15) is 22.8 Å². The van der Waals surface area contributed by atoms with Crippen LogP contribution in [0.15, 0.2) is 24.3 Å². The van der Waals surface area contributed by atoms with E-state index < -0.39 is 5.60 Å². The molecule has 1 aromatic rings. The van der Waals surface area contributed by atoms with Gasteiger partial charge in [-0.05, 0) is 32.6 Å². The Labute approximate surface area is 120 Å². The van der Waals surface area contributed by atoms with Crippen molar-refractivity contribution >= 4 is 5.91 Å². The van der Waals surface area contributed by atoms with Crippen molar-refractivity contribution in [2.24, 2.45) is 0 Å². The molecule has 0 saturated heterocycles. The van der Waals surface area contributed by atoms with Crippen LogP contribution in [0, 0.1) is 0 Å². The molecule has 0 bridgehead atoms. The van der Waals surface area contributed by atoms with Gasteiger partial charge in [-0.15, -0.1) is 0 Å². The summed E-state index contributed by atoms with van der Waals surface area (Å²) in [5.74, 6) is -0.198. The third-order valence-electron chi connectivity index (χ3n) is 2.85. The molecule has 1 amide bonds. The van der Waals surface area contributed by atoms with Gasteiger partial charge in [0, 0.05) is 25.8 Å². The molecule has 5 heteroatoms. The highest BCUT2D eigenvalue weighted by Gasteiger charge is 2.22. The Hall–Kier alpha value is -1.43. The first kappa shape index (κ1) is 16.6. The van der Waals surface area contributed by atoms with Crippen LogP contribution in [0.25, 0.3) is 0 Å². The maximum atomic E-state index is 12.2. The van der Waals surface area contributed by atoms with Gasteiger partial charge in [-0.3, -0.25) is 4.79 Å². The van der Waals surface area contributed by atoms with Crippen molar-refractivity contribution in [2.75, 3.05) is 34.3 Å². The van der Waals surface area contributed by atoms with Crippen LogP contribution >= 0.6 is 0 Å². The molecule has 0 aliphatic rings. The third kappa shape index (κ3) is 5.28. The lowest BCUT2D eigenvalue weighted by atomic mass is 10.0. The number of amides is 1. The average Bonchev–Trinajstić information content (AvgIpc) is 2.36. The van der Waals surface area contributed by atoms with Crippen LogP contribution in [0.4, 0.5) is 0 Å². The Kier molecular flexibility index (Phi) is 6.13. The summed E-state index contributed by atoms with van der Waals surface area (Å²) in [5.41, 5.74) is 0.449. The summed E-state index contributed by atoms with van der Waals surface area (Å²) < 4.78 is 5.08. The van der Waals surface area contributed by atoms with Gasteiger partial charge >= 0.3 is 0 Å². The Morgan fingerprint density at radius 3 is 2.65 bits per heavy atom. The summed E-state index contributed by atoms with van der Waals surface area (Å²) in [5, 5.41) is 12.9. The van der Waals surface area contributed by atoms with E-state index >= 15 is 0 Å². The maximum Gasteiger partial charge on any atom is 0.251 e. The fourth-order valence-corrected chi connectivity index (χ4v) is 2.13. The van der Waals surface area contributed by atoms with Crippen LogP contribution in [0.3, 0.4) is 0 Å². The van der Waals surface area contributed by atoms with E-state index in [1.165, 1.54) is 0 Å². The first-order chi connectivity index (χ1) is 9.35. The minimum absolute atomic E-state index is 0.198. The number of likely N-dealkylation sites (N-methyl/N-ethyl adjacent to an activating group) is 1. The zero-order valence-electron chi connectivity index (χ0n) is 12.6. The second-order valence-corrected chi connectivity index (χ2v) is 5.51. The molecule has 5 nitrogen and oxygen atoms in total. The highest BCUT2D eigenvalue weighted by atomic mass is 16.5. The fourth-order valence-electron chi connectivity index (χ4n) is 2.13. The Balaban J connectivity index is 2.68. The number of nitrogens with zero attached hydrogens (tertiary/aromatic N) is 1. The van der Waals surface area contributed by atoms with Gasteiger partial charge in [0.15, 0.2) is 0 Å². The molecule has 0 aromatic heterocycles. The molecule has 1 aromatic carbocycles. The molecule has 0 aliphatic heterocycles. The smallest absolute Gasteiger partial charge is 0.251 e. The van der Waals surface area contributed by atoms with Crippen molar-refractivity contribution in [3.05, 3.63) is 35.4 Å². The topological polar surface area (TPSA) is 61.8 Å². The molecule has 0 aliphatic carbocycles. The predicted molar refractivity (Wildman–Crippen MR) is 78.7 cm³/mol. The molecular formula is C15H24N2O3. The van der Waals surface area contributed by atoms with E-state index in [4.69, 9.17) is 4.74 Å². The van der Waals surface area contributed by atoms with Gasteiger partial charge in [0.05, 0.1) is 12.2 Å². The van der Waals surface area contributed by atoms with Crippen LogP contribution in [0.2, 0.25) is 0 Å². The number of carbonyl (C=O) groups is 1. The van der Waals surface area contributed by atoms with Crippen molar-refractivity contribution in [3.8, 4) is 0 Å². The number of nitrogens with one attached hydrogen (secondary N) is 1. The van der Waals surface area contributed by atoms with Crippen molar-refractivity contribution < 1.29 is 14.6 Å². The SMILES string of the molecule is COCc1ccccc1C(=O)NCC(C)(O)CN(C)C. The molecule has 112 valence electrons. The fraction of sp³-hybridized carbons (Fsp3) is 0.533. The Bertz CT molecular complexity index is 444. The van der Waals surface area contributed by atoms with Crippen LogP contribution in [-0.2, 0) is 11.3 Å². The monoisotopic (exact) mass is 280 g/mol. The molecule has 0 heterocycles. The first-order valence-electron chi connectivity index (χ1n) is 6.58. The summed E-state index contributed by atoms with van der Waals surface area (Å²) in [6, 6.07) is 7.29. The molecule has 2 N–H and O–H groups in total. The second-order valence-electron chi connectivity index (χ2n) is 5.51. The van der Waals surface area contributed by atoms with Crippen LogP contribution < -0.4 is 5.32 Å². The van der Waals surface area contributed by atoms with Crippen molar-refractivity contribution in [1.82, 2.24) is 10.2 Å². The van der Waals surface area contributed by atoms with Gasteiger partial charge in [-0.2, -0.15) is 0 Å². The Morgan fingerprint density at radius 2 is 2.05 bits per heavy atom. The normalized spacial score (nSPS) is 14.1. The minimum Gasteiger partial charge on any atom is -0.387 e. The van der Waals surface area contributed by atoms with Crippen LogP contribution in [0.5, 0.6) is 0 Å². The lowest BCUT2D eigenvalue weighted by Crippen LogP contribution is -2.47. The summed E-state index contributed by atoms with van der Waals surface area (Å²) in [4.78, 5) is 14.1. The van der Waals surface area contributed by atoms with E-state index in [-0.39, 0.29) is 12.5 Å². The largest absolute Gasteiger partial charge is 0.387 e. The third-order valence-corrected chi connectivity index (χ3v) is 2.85. The molecule has 0 fully saturated rings. The van der Waals surface area contributed by atoms with Gasteiger partial charge in [0.25, 0.3) is 5.91 Å². The van der Waals surface area contributed by atoms with Gasteiger partial charge in [0.1, 0.15) is 0 Å². The van der Waals surface area contributed by atoms with Gasteiger partial charge in [0.2, 0.25) is 0 Å². The number of carbonyl (C=O) groups excluding carboxylic acids is 1. The zero-order chi connectivity index (χ0) is 15.2. The number of rotatable bonds is 7. The standard InChI is InChI=1S/C15H24N2O3/c1-15(19,11-17(2)3)10-16-14(18)13-8-6-5-7-12(13)9-20-4/h5-8,19H,9-11H2,1-4H3,(H,16,18). The molecule has 0 spiro atoms. The van der Waals surface area contributed by atoms with Gasteiger partial charge in [-0.25, -0.2) is 0 Å². The second kappa shape index (κ2) is 7.38. The summed E-state index contributed by atoms with van der Waals surface area (Å²) in [6.45, 7) is 2.77. The number of hydrogen-bond acceptors (Lipinski definition) is 4. The van der Waals surface area contributed by atoms with E-state index in [0.717, 1.165) is 5.56 Å². The molecular weight excluding hydrogens is 256 g/mol. The molecule has 0 radical (unpaired) electrons. The average molecular weight is 280 g/mol. The summed E-state index contributed by atoms with van der Waals surface area (Å²) >= 11 is 0. The van der Waals surface area contributed by atoms with Crippen LogP contribution in [-0.4, -0.2) is 55.8 Å². The van der Waals surface area contributed by atoms with Crippen molar-refractivity contribution in [2.45, 2.75) is 19.1 Å². The van der Waals surface area contributed by atoms with E-state index in [2.05, 4.69) is 5.32 Å². The predicted octanol–water partition coefficient (Wildman–Crippen LogP) is 0.875. The summed E-state index contributed by atoms with van der Waals surface area (Å²) in [7, 11) is 5.35. The number of aliphatic hydroxyl groups is 1. The zero-order valence-corrected chi connectivity index (χ0v) is 12.6. The van der Waals surface area contributed by atoms with E-state index in [9.17, 15) is 9.90 Å². The lowest BCUT2D eigenvalue weighted by Gasteiger charge is -2.27. The molecule has 20 heavy (non-hydrogen) atoms. The quantitative estimate of drug-likeness (QED) is 0.778. The van der Waals surface area contributed by atoms with E-state index in [0.29, 0.717) is 18.7 Å². The lowest BCUT2D eigenvalue weighted by molar-refractivity contribution is 0.0325. The maximum absolute atomic E-state index is 12.2.